The molecule has 1 saturated heterocycles. The fourth-order valence-corrected chi connectivity index (χ4v) is 3.54. The first kappa shape index (κ1) is 13.7. The average molecular weight is 292 g/mol. The number of aryl methyl sites for hydroxylation is 1. The van der Waals surface area contributed by atoms with Crippen LogP contribution >= 0.6 is 11.6 Å². The molecule has 2 aromatic rings. The fourth-order valence-electron chi connectivity index (χ4n) is 3.37. The summed E-state index contributed by atoms with van der Waals surface area (Å²) in [6, 6.07) is 9.48. The number of hydrogen-bond acceptors (Lipinski definition) is 2. The molecule has 20 heavy (non-hydrogen) atoms. The van der Waals surface area contributed by atoms with E-state index in [1.807, 2.05) is 6.07 Å². The van der Waals surface area contributed by atoms with Gasteiger partial charge in [-0.3, -0.25) is 0 Å². The lowest BCUT2D eigenvalue weighted by Crippen LogP contribution is -2.51. The Balaban J connectivity index is 2.14. The molecule has 1 fully saturated rings. The van der Waals surface area contributed by atoms with Crippen LogP contribution in [-0.4, -0.2) is 27.6 Å². The van der Waals surface area contributed by atoms with Crippen LogP contribution < -0.4 is 5.01 Å². The van der Waals surface area contributed by atoms with Crippen LogP contribution in [0.15, 0.2) is 24.3 Å². The quantitative estimate of drug-likeness (QED) is 0.804. The lowest BCUT2D eigenvalue weighted by molar-refractivity contribution is 0.336. The largest absolute Gasteiger partial charge is 0.306 e. The highest BCUT2D eigenvalue weighted by atomic mass is 35.5. The number of imidazole rings is 1. The number of para-hydroxylation sites is 2. The van der Waals surface area contributed by atoms with Gasteiger partial charge >= 0.3 is 0 Å². The van der Waals surface area contributed by atoms with E-state index in [1.165, 1.54) is 24.8 Å². The summed E-state index contributed by atoms with van der Waals surface area (Å²) in [5.74, 6) is 1.70. The summed E-state index contributed by atoms with van der Waals surface area (Å²) in [7, 11) is 0. The van der Waals surface area contributed by atoms with Crippen LogP contribution in [0, 0.1) is 0 Å². The van der Waals surface area contributed by atoms with Crippen molar-refractivity contribution in [2.24, 2.45) is 0 Å². The highest BCUT2D eigenvalue weighted by molar-refractivity contribution is 6.17. The maximum atomic E-state index is 5.98. The Hall–Kier alpha value is -1.22. The summed E-state index contributed by atoms with van der Waals surface area (Å²) >= 11 is 5.98. The first-order valence-corrected chi connectivity index (χ1v) is 8.06. The van der Waals surface area contributed by atoms with Crippen molar-refractivity contribution in [3.05, 3.63) is 30.1 Å². The lowest BCUT2D eigenvalue weighted by atomic mass is 10.00. The molecule has 0 aliphatic carbocycles. The van der Waals surface area contributed by atoms with Crippen molar-refractivity contribution in [2.75, 3.05) is 10.9 Å². The van der Waals surface area contributed by atoms with E-state index < -0.39 is 0 Å². The monoisotopic (exact) mass is 291 g/mol. The van der Waals surface area contributed by atoms with E-state index in [-0.39, 0.29) is 0 Å². The summed E-state index contributed by atoms with van der Waals surface area (Å²) in [4.78, 5) is 4.78. The minimum Gasteiger partial charge on any atom is -0.306 e. The molecule has 2 heterocycles. The second kappa shape index (κ2) is 5.65. The number of fused-ring (bicyclic) bond motifs is 1. The smallest absolute Gasteiger partial charge is 0.130 e. The summed E-state index contributed by atoms with van der Waals surface area (Å²) in [5, 5.41) is 2.50. The third-order valence-electron chi connectivity index (χ3n) is 4.30. The molecular weight excluding hydrogens is 270 g/mol. The normalized spacial score (nSPS) is 23.4. The molecule has 0 amide bonds. The van der Waals surface area contributed by atoms with Crippen molar-refractivity contribution in [3.63, 3.8) is 0 Å². The van der Waals surface area contributed by atoms with Gasteiger partial charge in [0.15, 0.2) is 0 Å². The molecule has 3 rings (SSSR count). The number of nitrogens with zero attached hydrogens (tertiary/aromatic N) is 3. The number of hydrogen-bond donors (Lipinski definition) is 0. The number of piperidine rings is 1. The predicted molar refractivity (Wildman–Crippen MR) is 85.1 cm³/mol. The van der Waals surface area contributed by atoms with Gasteiger partial charge in [0.1, 0.15) is 5.82 Å². The van der Waals surface area contributed by atoms with Crippen LogP contribution in [0.4, 0.5) is 0 Å². The molecule has 1 aliphatic rings. The van der Waals surface area contributed by atoms with Gasteiger partial charge in [-0.15, -0.1) is 11.6 Å². The average Bonchev–Trinajstić information content (AvgIpc) is 2.78. The Bertz CT molecular complexity index is 582. The Morgan fingerprint density at radius 1 is 1.20 bits per heavy atom. The Labute approximate surface area is 125 Å². The molecule has 1 aliphatic heterocycles. The van der Waals surface area contributed by atoms with Crippen molar-refractivity contribution in [1.82, 2.24) is 9.66 Å². The number of benzene rings is 1. The zero-order chi connectivity index (χ0) is 14.1. The SMILES string of the molecule is CC1CCCC(C)N1n1c(CCCl)nc2ccccc21. The van der Waals surface area contributed by atoms with E-state index in [1.54, 1.807) is 0 Å². The van der Waals surface area contributed by atoms with Gasteiger partial charge in [0.05, 0.1) is 11.0 Å². The van der Waals surface area contributed by atoms with E-state index in [9.17, 15) is 0 Å². The highest BCUT2D eigenvalue weighted by Crippen LogP contribution is 2.26. The van der Waals surface area contributed by atoms with Gasteiger partial charge < -0.3 is 5.01 Å². The van der Waals surface area contributed by atoms with Crippen molar-refractivity contribution in [2.45, 2.75) is 51.6 Å². The third-order valence-corrected chi connectivity index (χ3v) is 4.49. The van der Waals surface area contributed by atoms with Gasteiger partial charge in [-0.25, -0.2) is 9.66 Å². The van der Waals surface area contributed by atoms with Gasteiger partial charge in [0, 0.05) is 24.4 Å². The molecular formula is C16H22ClN3. The zero-order valence-electron chi connectivity index (χ0n) is 12.2. The van der Waals surface area contributed by atoms with Crippen molar-refractivity contribution in [1.29, 1.82) is 0 Å². The lowest BCUT2D eigenvalue weighted by Gasteiger charge is -2.42. The molecule has 0 bridgehead atoms. The first-order valence-electron chi connectivity index (χ1n) is 7.53. The molecule has 0 saturated carbocycles. The molecule has 0 N–H and O–H groups in total. The van der Waals surface area contributed by atoms with E-state index in [0.29, 0.717) is 18.0 Å². The number of rotatable bonds is 3. The van der Waals surface area contributed by atoms with E-state index in [2.05, 4.69) is 41.7 Å². The molecule has 1 aromatic heterocycles. The third kappa shape index (κ3) is 2.28. The van der Waals surface area contributed by atoms with Crippen LogP contribution in [-0.2, 0) is 6.42 Å². The molecule has 4 heteroatoms. The standard InChI is InChI=1S/C16H22ClN3/c1-12-6-5-7-13(2)19(12)20-15-9-4-3-8-14(15)18-16(20)10-11-17/h3-4,8-9,12-13H,5-7,10-11H2,1-2H3. The van der Waals surface area contributed by atoms with Gasteiger partial charge in [0.2, 0.25) is 0 Å². The molecule has 3 nitrogen and oxygen atoms in total. The van der Waals surface area contributed by atoms with Crippen LogP contribution in [0.3, 0.4) is 0 Å². The molecule has 108 valence electrons. The summed E-state index contributed by atoms with van der Waals surface area (Å²) in [5.41, 5.74) is 2.27. The maximum Gasteiger partial charge on any atom is 0.130 e. The zero-order valence-corrected chi connectivity index (χ0v) is 13.0. The Morgan fingerprint density at radius 2 is 1.90 bits per heavy atom. The van der Waals surface area contributed by atoms with Crippen LogP contribution in [0.2, 0.25) is 0 Å². The van der Waals surface area contributed by atoms with E-state index in [0.717, 1.165) is 17.8 Å². The summed E-state index contributed by atoms with van der Waals surface area (Å²) in [6.45, 7) is 4.63. The summed E-state index contributed by atoms with van der Waals surface area (Å²) in [6.07, 6.45) is 4.62. The van der Waals surface area contributed by atoms with Crippen LogP contribution in [0.25, 0.3) is 11.0 Å². The minimum atomic E-state index is 0.547. The van der Waals surface area contributed by atoms with Gasteiger partial charge in [-0.2, -0.15) is 0 Å². The van der Waals surface area contributed by atoms with Gasteiger partial charge in [-0.05, 0) is 45.2 Å². The number of halogens is 1. The van der Waals surface area contributed by atoms with Crippen molar-refractivity contribution in [3.8, 4) is 0 Å². The highest BCUT2D eigenvalue weighted by Gasteiger charge is 2.28. The van der Waals surface area contributed by atoms with E-state index in [4.69, 9.17) is 16.6 Å². The summed E-state index contributed by atoms with van der Waals surface area (Å²) < 4.78 is 2.33. The Morgan fingerprint density at radius 3 is 2.60 bits per heavy atom. The van der Waals surface area contributed by atoms with Crippen LogP contribution in [0.1, 0.15) is 38.9 Å². The van der Waals surface area contributed by atoms with Gasteiger partial charge in [-0.1, -0.05) is 12.1 Å². The number of alkyl halides is 1. The molecule has 2 atom stereocenters. The van der Waals surface area contributed by atoms with Crippen LogP contribution in [0.5, 0.6) is 0 Å². The Kier molecular flexibility index (Phi) is 3.88. The number of aromatic nitrogens is 2. The predicted octanol–water partition coefficient (Wildman–Crippen LogP) is 3.72. The maximum absolute atomic E-state index is 5.98. The second-order valence-corrected chi connectivity index (χ2v) is 6.15. The van der Waals surface area contributed by atoms with Crippen molar-refractivity contribution < 1.29 is 0 Å². The first-order chi connectivity index (χ1) is 9.72. The van der Waals surface area contributed by atoms with E-state index >= 15 is 0 Å². The molecule has 0 radical (unpaired) electrons. The second-order valence-electron chi connectivity index (χ2n) is 5.78. The topological polar surface area (TPSA) is 21.1 Å². The molecule has 2 unspecified atom stereocenters. The molecule has 1 aromatic carbocycles. The van der Waals surface area contributed by atoms with Crippen molar-refractivity contribution >= 4 is 22.6 Å². The fraction of sp³-hybridized carbons (Fsp3) is 0.562. The molecule has 0 spiro atoms. The van der Waals surface area contributed by atoms with Gasteiger partial charge in [0.25, 0.3) is 0 Å². The minimum absolute atomic E-state index is 0.547.